The normalized spacial score (nSPS) is 17.4. The monoisotopic (exact) mass is 394 g/mol. The second-order valence-corrected chi connectivity index (χ2v) is 10.3. The molecule has 0 aromatic carbocycles. The lowest BCUT2D eigenvalue weighted by atomic mass is 10.1. The minimum atomic E-state index is -3.43. The van der Waals surface area contributed by atoms with Gasteiger partial charge in [-0.25, -0.2) is 13.1 Å². The van der Waals surface area contributed by atoms with Crippen molar-refractivity contribution in [1.82, 2.24) is 10.0 Å². The van der Waals surface area contributed by atoms with E-state index in [2.05, 4.69) is 46.7 Å². The summed E-state index contributed by atoms with van der Waals surface area (Å²) in [6.45, 7) is 7.50. The molecule has 1 aliphatic rings. The van der Waals surface area contributed by atoms with E-state index in [1.54, 1.807) is 6.07 Å². The Balaban J connectivity index is 2.05. The molecule has 1 fully saturated rings. The van der Waals surface area contributed by atoms with Gasteiger partial charge in [-0.05, 0) is 46.7 Å². The van der Waals surface area contributed by atoms with Crippen molar-refractivity contribution in [2.75, 3.05) is 6.54 Å². The smallest absolute Gasteiger partial charge is 0.242 e. The van der Waals surface area contributed by atoms with Crippen LogP contribution in [0.1, 0.15) is 44.9 Å². The second kappa shape index (κ2) is 6.66. The van der Waals surface area contributed by atoms with Gasteiger partial charge < -0.3 is 5.32 Å². The third kappa shape index (κ3) is 4.51. The van der Waals surface area contributed by atoms with Crippen molar-refractivity contribution < 1.29 is 8.42 Å². The van der Waals surface area contributed by atoms with Crippen molar-refractivity contribution in [3.05, 3.63) is 14.7 Å². The maximum Gasteiger partial charge on any atom is 0.242 e. The van der Waals surface area contributed by atoms with Gasteiger partial charge in [0.1, 0.15) is 4.90 Å². The highest BCUT2D eigenvalue weighted by Gasteiger charge is 2.41. The van der Waals surface area contributed by atoms with Gasteiger partial charge in [-0.15, -0.1) is 11.3 Å². The molecule has 7 heteroatoms. The highest BCUT2D eigenvalue weighted by molar-refractivity contribution is 9.11. The number of sulfonamides is 1. The van der Waals surface area contributed by atoms with Crippen molar-refractivity contribution in [1.29, 1.82) is 0 Å². The standard InChI is InChI=1S/C14H23BrN2O2S2/c1-4-14(5-6-14)9-17-21(18,19)12-7-11(20-13(12)15)8-16-10(2)3/h7,10,16-17H,4-6,8-9H2,1-3H3. The summed E-state index contributed by atoms with van der Waals surface area (Å²) in [5, 5.41) is 3.30. The third-order valence-corrected chi connectivity index (χ3v) is 7.68. The molecule has 0 amide bonds. The molecule has 0 unspecified atom stereocenters. The van der Waals surface area contributed by atoms with Crippen LogP contribution in [0.25, 0.3) is 0 Å². The highest BCUT2D eigenvalue weighted by Crippen LogP contribution is 2.48. The third-order valence-electron chi connectivity index (χ3n) is 4.02. The van der Waals surface area contributed by atoms with E-state index in [9.17, 15) is 8.42 Å². The van der Waals surface area contributed by atoms with Crippen molar-refractivity contribution in [2.24, 2.45) is 5.41 Å². The number of hydrogen-bond acceptors (Lipinski definition) is 4. The van der Waals surface area contributed by atoms with Gasteiger partial charge in [0.15, 0.2) is 0 Å². The maximum atomic E-state index is 12.4. The number of thiophene rings is 1. The van der Waals surface area contributed by atoms with E-state index in [0.29, 0.717) is 27.8 Å². The summed E-state index contributed by atoms with van der Waals surface area (Å²) in [5.74, 6) is 0. The lowest BCUT2D eigenvalue weighted by Gasteiger charge is -2.13. The fraction of sp³-hybridized carbons (Fsp3) is 0.714. The first-order chi connectivity index (χ1) is 9.78. The van der Waals surface area contributed by atoms with Gasteiger partial charge >= 0.3 is 0 Å². The highest BCUT2D eigenvalue weighted by atomic mass is 79.9. The molecule has 0 bridgehead atoms. The largest absolute Gasteiger partial charge is 0.310 e. The first-order valence-corrected chi connectivity index (χ1v) is 10.4. The predicted molar refractivity (Wildman–Crippen MR) is 91.1 cm³/mol. The van der Waals surface area contributed by atoms with Crippen molar-refractivity contribution in [2.45, 2.75) is 57.5 Å². The minimum Gasteiger partial charge on any atom is -0.310 e. The number of rotatable bonds is 8. The predicted octanol–water partition coefficient (Wildman–Crippen LogP) is 3.48. The van der Waals surface area contributed by atoms with Gasteiger partial charge in [0.25, 0.3) is 0 Å². The number of hydrogen-bond donors (Lipinski definition) is 2. The molecule has 2 rings (SSSR count). The average Bonchev–Trinajstić information content (AvgIpc) is 3.10. The molecule has 4 nitrogen and oxygen atoms in total. The lowest BCUT2D eigenvalue weighted by Crippen LogP contribution is -2.30. The molecule has 0 spiro atoms. The fourth-order valence-electron chi connectivity index (χ4n) is 2.13. The van der Waals surface area contributed by atoms with Crippen molar-refractivity contribution >= 4 is 37.3 Å². The van der Waals surface area contributed by atoms with E-state index in [-0.39, 0.29) is 5.41 Å². The Bertz CT molecular complexity index is 592. The van der Waals surface area contributed by atoms with Crippen LogP contribution < -0.4 is 10.0 Å². The van der Waals surface area contributed by atoms with Crippen LogP contribution in [0.5, 0.6) is 0 Å². The molecule has 0 radical (unpaired) electrons. The van der Waals surface area contributed by atoms with Gasteiger partial charge in [0.2, 0.25) is 10.0 Å². The van der Waals surface area contributed by atoms with Crippen LogP contribution in [0.2, 0.25) is 0 Å². The SMILES string of the molecule is CCC1(CNS(=O)(=O)c2cc(CNC(C)C)sc2Br)CC1. The van der Waals surface area contributed by atoms with Crippen LogP contribution in [0, 0.1) is 5.41 Å². The number of halogens is 1. The Kier molecular flexibility index (Phi) is 5.52. The first kappa shape index (κ1) is 17.4. The Morgan fingerprint density at radius 1 is 1.43 bits per heavy atom. The van der Waals surface area contributed by atoms with Crippen molar-refractivity contribution in [3.63, 3.8) is 0 Å². The second-order valence-electron chi connectivity index (χ2n) is 6.06. The minimum absolute atomic E-state index is 0.206. The van der Waals surface area contributed by atoms with Crippen molar-refractivity contribution in [3.8, 4) is 0 Å². The lowest BCUT2D eigenvalue weighted by molar-refractivity contribution is 0.475. The zero-order valence-electron chi connectivity index (χ0n) is 12.7. The van der Waals surface area contributed by atoms with Crippen LogP contribution in [-0.4, -0.2) is 21.0 Å². The molecule has 1 aromatic rings. The molecule has 2 N–H and O–H groups in total. The topological polar surface area (TPSA) is 58.2 Å². The molecule has 0 atom stereocenters. The summed E-state index contributed by atoms with van der Waals surface area (Å²) in [6, 6.07) is 2.14. The quantitative estimate of drug-likeness (QED) is 0.709. The fourth-order valence-corrected chi connectivity index (χ4v) is 5.92. The van der Waals surface area contributed by atoms with Gasteiger partial charge in [-0.2, -0.15) is 0 Å². The summed E-state index contributed by atoms with van der Waals surface area (Å²) in [7, 11) is -3.43. The van der Waals surface area contributed by atoms with E-state index in [1.165, 1.54) is 11.3 Å². The summed E-state index contributed by atoms with van der Waals surface area (Å²) in [4.78, 5) is 1.38. The van der Waals surface area contributed by atoms with E-state index in [0.717, 1.165) is 24.1 Å². The Morgan fingerprint density at radius 3 is 2.62 bits per heavy atom. The van der Waals surface area contributed by atoms with Gasteiger partial charge in [0, 0.05) is 24.0 Å². The molecule has 1 saturated carbocycles. The van der Waals surface area contributed by atoms with E-state index < -0.39 is 10.0 Å². The molecule has 1 aliphatic carbocycles. The molecular weight excluding hydrogens is 372 g/mol. The molecule has 0 aliphatic heterocycles. The molecule has 1 heterocycles. The zero-order chi connectivity index (χ0) is 15.7. The van der Waals surface area contributed by atoms with E-state index >= 15 is 0 Å². The Morgan fingerprint density at radius 2 is 2.10 bits per heavy atom. The van der Waals surface area contributed by atoms with Crippen LogP contribution in [-0.2, 0) is 16.6 Å². The first-order valence-electron chi connectivity index (χ1n) is 7.29. The summed E-state index contributed by atoms with van der Waals surface area (Å²) in [6.07, 6.45) is 3.28. The van der Waals surface area contributed by atoms with E-state index in [4.69, 9.17) is 0 Å². The van der Waals surface area contributed by atoms with Gasteiger partial charge in [-0.3, -0.25) is 0 Å². The van der Waals surface area contributed by atoms with Crippen LogP contribution in [0.15, 0.2) is 14.7 Å². The van der Waals surface area contributed by atoms with Crippen LogP contribution in [0.3, 0.4) is 0 Å². The molecule has 120 valence electrons. The molecule has 0 saturated heterocycles. The Hall–Kier alpha value is 0.0500. The maximum absolute atomic E-state index is 12.4. The molecule has 1 aromatic heterocycles. The zero-order valence-corrected chi connectivity index (χ0v) is 15.9. The van der Waals surface area contributed by atoms with Crippen LogP contribution >= 0.6 is 27.3 Å². The molecule has 21 heavy (non-hydrogen) atoms. The van der Waals surface area contributed by atoms with E-state index in [1.807, 2.05) is 0 Å². The van der Waals surface area contributed by atoms with Crippen LogP contribution in [0.4, 0.5) is 0 Å². The van der Waals surface area contributed by atoms with Gasteiger partial charge in [0.05, 0.1) is 3.79 Å². The summed E-state index contributed by atoms with van der Waals surface area (Å²) in [5.41, 5.74) is 0.206. The molecular formula is C14H23BrN2O2S2. The summed E-state index contributed by atoms with van der Waals surface area (Å²) >= 11 is 4.86. The average molecular weight is 395 g/mol. The number of nitrogens with one attached hydrogen (secondary N) is 2. The van der Waals surface area contributed by atoms with Gasteiger partial charge in [-0.1, -0.05) is 20.8 Å². The summed E-state index contributed by atoms with van der Waals surface area (Å²) < 4.78 is 28.3. The Labute approximate surface area is 139 Å².